The number of rotatable bonds is 4. The van der Waals surface area contributed by atoms with Crippen LogP contribution in [-0.2, 0) is 11.2 Å². The second-order valence-electron chi connectivity index (χ2n) is 5.49. The van der Waals surface area contributed by atoms with Gasteiger partial charge in [0.05, 0.1) is 18.3 Å². The van der Waals surface area contributed by atoms with Crippen molar-refractivity contribution in [2.75, 3.05) is 36.4 Å². The number of anilines is 2. The van der Waals surface area contributed by atoms with Crippen molar-refractivity contribution in [3.8, 4) is 0 Å². The van der Waals surface area contributed by atoms with E-state index in [2.05, 4.69) is 36.4 Å². The van der Waals surface area contributed by atoms with Crippen LogP contribution in [0.15, 0.2) is 47.1 Å². The number of amides is 1. The third-order valence-corrected chi connectivity index (χ3v) is 4.24. The van der Waals surface area contributed by atoms with Gasteiger partial charge in [0.1, 0.15) is 5.82 Å². The van der Waals surface area contributed by atoms with E-state index in [1.54, 1.807) is 0 Å². The highest BCUT2D eigenvalue weighted by Gasteiger charge is 2.11. The lowest BCUT2D eigenvalue weighted by Gasteiger charge is -2.29. The number of pyridine rings is 1. The smallest absolute Gasteiger partial charge is 0.229 e. The first kappa shape index (κ1) is 16.0. The van der Waals surface area contributed by atoms with E-state index in [4.69, 9.17) is 0 Å². The number of carbonyl (C=O) groups is 1. The summed E-state index contributed by atoms with van der Waals surface area (Å²) < 4.78 is 0.973. The first-order chi connectivity index (χ1) is 11.2. The molecule has 5 nitrogen and oxygen atoms in total. The second kappa shape index (κ2) is 7.57. The Morgan fingerprint density at radius 1 is 1.26 bits per heavy atom. The van der Waals surface area contributed by atoms with Gasteiger partial charge in [-0.3, -0.25) is 4.79 Å². The normalized spacial score (nSPS) is 14.6. The molecule has 0 spiro atoms. The number of carbonyl (C=O) groups excluding carboxylic acids is 1. The zero-order valence-electron chi connectivity index (χ0n) is 12.8. The molecular formula is C17H19BrN4O. The van der Waals surface area contributed by atoms with Gasteiger partial charge in [-0.25, -0.2) is 4.98 Å². The molecule has 1 amide bonds. The van der Waals surface area contributed by atoms with E-state index in [-0.39, 0.29) is 5.91 Å². The molecule has 1 aromatic carbocycles. The Kier molecular flexibility index (Phi) is 5.25. The number of hydrogen-bond donors (Lipinski definition) is 2. The average molecular weight is 375 g/mol. The molecule has 23 heavy (non-hydrogen) atoms. The van der Waals surface area contributed by atoms with Crippen molar-refractivity contribution in [3.05, 3.63) is 52.6 Å². The van der Waals surface area contributed by atoms with E-state index >= 15 is 0 Å². The van der Waals surface area contributed by atoms with Crippen molar-refractivity contribution in [2.24, 2.45) is 0 Å². The zero-order valence-corrected chi connectivity index (χ0v) is 14.3. The maximum absolute atomic E-state index is 12.1. The Bertz CT molecular complexity index is 669. The molecule has 2 N–H and O–H groups in total. The lowest BCUT2D eigenvalue weighted by atomic mass is 10.1. The number of nitrogens with one attached hydrogen (secondary N) is 2. The van der Waals surface area contributed by atoms with Gasteiger partial charge in [-0.05, 0) is 29.8 Å². The Hall–Kier alpha value is -1.92. The summed E-state index contributed by atoms with van der Waals surface area (Å²) in [6, 6.07) is 11.6. The summed E-state index contributed by atoms with van der Waals surface area (Å²) in [5, 5.41) is 6.17. The van der Waals surface area contributed by atoms with Gasteiger partial charge in [-0.2, -0.15) is 0 Å². The Balaban J connectivity index is 1.58. The fourth-order valence-electron chi connectivity index (χ4n) is 2.59. The topological polar surface area (TPSA) is 57.3 Å². The summed E-state index contributed by atoms with van der Waals surface area (Å²) in [5.74, 6) is 0.523. The van der Waals surface area contributed by atoms with Crippen LogP contribution in [0.25, 0.3) is 0 Å². The summed E-state index contributed by atoms with van der Waals surface area (Å²) in [6.45, 7) is 3.95. The molecule has 2 heterocycles. The van der Waals surface area contributed by atoms with E-state index in [0.29, 0.717) is 12.2 Å². The standard InChI is InChI=1S/C17H19BrN4O/c18-14-3-1-2-13(10-14)11-17(23)21-16-5-4-15(12-20-16)22-8-6-19-7-9-22/h1-5,10,12,19H,6-9,11H2,(H,20,21,23). The van der Waals surface area contributed by atoms with Gasteiger partial charge in [0, 0.05) is 30.7 Å². The van der Waals surface area contributed by atoms with E-state index in [1.807, 2.05) is 42.6 Å². The fraction of sp³-hybridized carbons (Fsp3) is 0.294. The van der Waals surface area contributed by atoms with Gasteiger partial charge in [0.15, 0.2) is 0 Å². The highest BCUT2D eigenvalue weighted by Crippen LogP contribution is 2.16. The SMILES string of the molecule is O=C(Cc1cccc(Br)c1)Nc1ccc(N2CCNCC2)cn1. The van der Waals surface area contributed by atoms with E-state index in [9.17, 15) is 4.79 Å². The van der Waals surface area contributed by atoms with Crippen molar-refractivity contribution >= 4 is 33.3 Å². The van der Waals surface area contributed by atoms with Crippen LogP contribution in [0.4, 0.5) is 11.5 Å². The van der Waals surface area contributed by atoms with Gasteiger partial charge < -0.3 is 15.5 Å². The largest absolute Gasteiger partial charge is 0.368 e. The molecular weight excluding hydrogens is 356 g/mol. The summed E-state index contributed by atoms with van der Waals surface area (Å²) in [5.41, 5.74) is 2.06. The van der Waals surface area contributed by atoms with Gasteiger partial charge in [-0.1, -0.05) is 28.1 Å². The van der Waals surface area contributed by atoms with Crippen LogP contribution >= 0.6 is 15.9 Å². The first-order valence-corrected chi connectivity index (χ1v) is 8.46. The third-order valence-electron chi connectivity index (χ3n) is 3.75. The average Bonchev–Trinajstić information content (AvgIpc) is 2.56. The maximum atomic E-state index is 12.1. The lowest BCUT2D eigenvalue weighted by Crippen LogP contribution is -2.43. The molecule has 0 saturated carbocycles. The molecule has 1 fully saturated rings. The highest BCUT2D eigenvalue weighted by atomic mass is 79.9. The Morgan fingerprint density at radius 3 is 2.78 bits per heavy atom. The Labute approximate surface area is 144 Å². The molecule has 120 valence electrons. The number of halogens is 1. The van der Waals surface area contributed by atoms with Crippen LogP contribution in [0.1, 0.15) is 5.56 Å². The van der Waals surface area contributed by atoms with Crippen molar-refractivity contribution < 1.29 is 4.79 Å². The molecule has 0 radical (unpaired) electrons. The molecule has 0 aliphatic carbocycles. The number of piperazine rings is 1. The first-order valence-electron chi connectivity index (χ1n) is 7.67. The summed E-state index contributed by atoms with van der Waals surface area (Å²) in [7, 11) is 0. The molecule has 1 aliphatic heterocycles. The molecule has 2 aromatic rings. The Morgan fingerprint density at radius 2 is 2.09 bits per heavy atom. The van der Waals surface area contributed by atoms with Gasteiger partial charge in [-0.15, -0.1) is 0 Å². The molecule has 1 saturated heterocycles. The summed E-state index contributed by atoms with van der Waals surface area (Å²) in [4.78, 5) is 18.7. The minimum Gasteiger partial charge on any atom is -0.368 e. The molecule has 6 heteroatoms. The van der Waals surface area contributed by atoms with Gasteiger partial charge >= 0.3 is 0 Å². The minimum atomic E-state index is -0.0643. The molecule has 3 rings (SSSR count). The highest BCUT2D eigenvalue weighted by molar-refractivity contribution is 9.10. The van der Waals surface area contributed by atoms with Crippen molar-refractivity contribution in [1.82, 2.24) is 10.3 Å². The van der Waals surface area contributed by atoms with E-state index < -0.39 is 0 Å². The van der Waals surface area contributed by atoms with Crippen LogP contribution in [-0.4, -0.2) is 37.1 Å². The minimum absolute atomic E-state index is 0.0643. The number of aromatic nitrogens is 1. The van der Waals surface area contributed by atoms with Crippen LogP contribution in [0.3, 0.4) is 0 Å². The van der Waals surface area contributed by atoms with Crippen molar-refractivity contribution in [3.63, 3.8) is 0 Å². The summed E-state index contributed by atoms with van der Waals surface area (Å²) >= 11 is 3.41. The van der Waals surface area contributed by atoms with Crippen molar-refractivity contribution in [2.45, 2.75) is 6.42 Å². The predicted octanol–water partition coefficient (Wildman–Crippen LogP) is 2.43. The van der Waals surface area contributed by atoms with Crippen LogP contribution < -0.4 is 15.5 Å². The lowest BCUT2D eigenvalue weighted by molar-refractivity contribution is -0.115. The van der Waals surface area contributed by atoms with Crippen LogP contribution in [0, 0.1) is 0 Å². The second-order valence-corrected chi connectivity index (χ2v) is 6.41. The molecule has 1 aliphatic rings. The predicted molar refractivity (Wildman–Crippen MR) is 95.8 cm³/mol. The zero-order chi connectivity index (χ0) is 16.1. The number of nitrogens with zero attached hydrogens (tertiary/aromatic N) is 2. The monoisotopic (exact) mass is 374 g/mol. The van der Waals surface area contributed by atoms with Gasteiger partial charge in [0.2, 0.25) is 5.91 Å². The molecule has 1 aromatic heterocycles. The van der Waals surface area contributed by atoms with E-state index in [1.165, 1.54) is 0 Å². The number of benzene rings is 1. The quantitative estimate of drug-likeness (QED) is 0.862. The number of hydrogen-bond acceptors (Lipinski definition) is 4. The summed E-state index contributed by atoms with van der Waals surface area (Å²) in [6.07, 6.45) is 2.15. The van der Waals surface area contributed by atoms with E-state index in [0.717, 1.165) is 41.9 Å². The van der Waals surface area contributed by atoms with Crippen LogP contribution in [0.2, 0.25) is 0 Å². The molecule has 0 atom stereocenters. The van der Waals surface area contributed by atoms with Crippen LogP contribution in [0.5, 0.6) is 0 Å². The fourth-order valence-corrected chi connectivity index (χ4v) is 3.04. The molecule has 0 bridgehead atoms. The third kappa shape index (κ3) is 4.53. The molecule has 0 unspecified atom stereocenters. The maximum Gasteiger partial charge on any atom is 0.229 e. The van der Waals surface area contributed by atoms with Gasteiger partial charge in [0.25, 0.3) is 0 Å². The van der Waals surface area contributed by atoms with Crippen molar-refractivity contribution in [1.29, 1.82) is 0 Å².